The summed E-state index contributed by atoms with van der Waals surface area (Å²) < 4.78 is 0. The molecule has 0 unspecified atom stereocenters. The van der Waals surface area contributed by atoms with Crippen LogP contribution in [-0.4, -0.2) is 11.5 Å². The number of aromatic nitrogens is 1. The van der Waals surface area contributed by atoms with Gasteiger partial charge in [0.25, 0.3) is 0 Å². The lowest BCUT2D eigenvalue weighted by atomic mass is 10.0. The number of nitrogens with zero attached hydrogens (tertiary/aromatic N) is 1. The highest BCUT2D eigenvalue weighted by atomic mass is 15.0. The minimum Gasteiger partial charge on any atom is -0.370 e. The third-order valence-corrected chi connectivity index (χ3v) is 3.65. The predicted octanol–water partition coefficient (Wildman–Crippen LogP) is 3.60. The number of pyridine rings is 1. The third-order valence-electron chi connectivity index (χ3n) is 3.65. The summed E-state index contributed by atoms with van der Waals surface area (Å²) >= 11 is 0. The lowest BCUT2D eigenvalue weighted by Gasteiger charge is -2.11. The van der Waals surface area contributed by atoms with Crippen LogP contribution >= 0.6 is 0 Å². The molecule has 0 radical (unpaired) electrons. The molecule has 0 spiro atoms. The maximum absolute atomic E-state index is 4.82. The smallest absolute Gasteiger partial charge is 0.129 e. The third kappa shape index (κ3) is 1.78. The first-order chi connectivity index (χ1) is 8.25. The number of anilines is 1. The fraction of sp³-hybridized carbons (Fsp3) is 0.400. The Balaban J connectivity index is 2.29. The summed E-state index contributed by atoms with van der Waals surface area (Å²) in [5.74, 6) is 1.10. The van der Waals surface area contributed by atoms with Gasteiger partial charge in [-0.1, -0.05) is 12.1 Å². The first-order valence-electron chi connectivity index (χ1n) is 6.39. The Morgan fingerprint density at radius 2 is 1.94 bits per heavy atom. The molecule has 0 saturated heterocycles. The molecule has 0 bridgehead atoms. The van der Waals surface area contributed by atoms with Gasteiger partial charge in [0, 0.05) is 11.9 Å². The van der Waals surface area contributed by atoms with Crippen LogP contribution in [0.5, 0.6) is 0 Å². The van der Waals surface area contributed by atoms with Crippen molar-refractivity contribution in [3.05, 3.63) is 34.9 Å². The zero-order valence-corrected chi connectivity index (χ0v) is 10.5. The van der Waals surface area contributed by atoms with Crippen molar-refractivity contribution in [2.75, 3.05) is 11.9 Å². The highest BCUT2D eigenvalue weighted by Crippen LogP contribution is 2.27. The molecule has 0 fully saturated rings. The Kier molecular flexibility index (Phi) is 2.50. The summed E-state index contributed by atoms with van der Waals surface area (Å²) in [6.07, 6.45) is 3.65. The van der Waals surface area contributed by atoms with Crippen LogP contribution in [0.1, 0.15) is 29.5 Å². The van der Waals surface area contributed by atoms with E-state index in [0.29, 0.717) is 0 Å². The normalized spacial score (nSPS) is 15.2. The van der Waals surface area contributed by atoms with Gasteiger partial charge in [0.1, 0.15) is 5.82 Å². The van der Waals surface area contributed by atoms with Gasteiger partial charge in [-0.3, -0.25) is 0 Å². The van der Waals surface area contributed by atoms with Crippen LogP contribution in [0.15, 0.2) is 18.2 Å². The van der Waals surface area contributed by atoms with E-state index in [1.54, 1.807) is 0 Å². The second kappa shape index (κ2) is 4.02. The van der Waals surface area contributed by atoms with E-state index in [1.807, 2.05) is 0 Å². The molecule has 2 aromatic rings. The van der Waals surface area contributed by atoms with Gasteiger partial charge in [0.05, 0.1) is 5.52 Å². The maximum atomic E-state index is 4.82. The van der Waals surface area contributed by atoms with Crippen LogP contribution in [0.4, 0.5) is 5.82 Å². The number of fused-ring (bicyclic) bond motifs is 2. The fourth-order valence-electron chi connectivity index (χ4n) is 2.57. The molecular weight excluding hydrogens is 208 g/mol. The van der Waals surface area contributed by atoms with Crippen molar-refractivity contribution < 1.29 is 0 Å². The van der Waals surface area contributed by atoms with Gasteiger partial charge in [0.15, 0.2) is 0 Å². The van der Waals surface area contributed by atoms with E-state index in [-0.39, 0.29) is 0 Å². The highest BCUT2D eigenvalue weighted by molar-refractivity contribution is 5.87. The molecular formula is C15H18N2. The Labute approximate surface area is 102 Å². The summed E-state index contributed by atoms with van der Waals surface area (Å²) in [5.41, 5.74) is 5.12. The van der Waals surface area contributed by atoms with E-state index in [9.17, 15) is 0 Å². The average Bonchev–Trinajstić information content (AvgIpc) is 2.57. The van der Waals surface area contributed by atoms with Crippen molar-refractivity contribution in [2.24, 2.45) is 0 Å². The highest BCUT2D eigenvalue weighted by Gasteiger charge is 2.12. The van der Waals surface area contributed by atoms with E-state index in [2.05, 4.69) is 37.4 Å². The average molecular weight is 226 g/mol. The topological polar surface area (TPSA) is 24.9 Å². The van der Waals surface area contributed by atoms with Gasteiger partial charge >= 0.3 is 0 Å². The Bertz CT molecular complexity index is 522. The molecule has 0 saturated carbocycles. The molecule has 2 heteroatoms. The molecule has 1 aromatic carbocycles. The molecule has 0 aliphatic carbocycles. The largest absolute Gasteiger partial charge is 0.370 e. The number of nitrogens with one attached hydrogen (secondary N) is 1. The molecule has 1 aliphatic rings. The van der Waals surface area contributed by atoms with Crippen LogP contribution in [0.2, 0.25) is 0 Å². The lowest BCUT2D eigenvalue weighted by Crippen LogP contribution is -2.03. The quantitative estimate of drug-likeness (QED) is 0.742. The van der Waals surface area contributed by atoms with Crippen molar-refractivity contribution >= 4 is 16.7 Å². The van der Waals surface area contributed by atoms with Crippen LogP contribution in [0, 0.1) is 13.8 Å². The summed E-state index contributed by atoms with van der Waals surface area (Å²) in [7, 11) is 0. The fourth-order valence-corrected chi connectivity index (χ4v) is 2.57. The number of rotatable bonds is 0. The first-order valence-corrected chi connectivity index (χ1v) is 6.39. The Morgan fingerprint density at radius 1 is 1.12 bits per heavy atom. The van der Waals surface area contributed by atoms with Crippen molar-refractivity contribution in [1.82, 2.24) is 4.98 Å². The van der Waals surface area contributed by atoms with E-state index in [1.165, 1.54) is 34.9 Å². The number of aryl methyl sites for hydroxylation is 3. The number of hydrogen-bond donors (Lipinski definition) is 1. The van der Waals surface area contributed by atoms with E-state index in [4.69, 9.17) is 4.98 Å². The van der Waals surface area contributed by atoms with Crippen molar-refractivity contribution in [3.8, 4) is 0 Å². The molecule has 3 rings (SSSR count). The minimum absolute atomic E-state index is 1.05. The summed E-state index contributed by atoms with van der Waals surface area (Å²) in [4.78, 5) is 4.82. The number of benzene rings is 1. The van der Waals surface area contributed by atoms with Crippen molar-refractivity contribution in [1.29, 1.82) is 0 Å². The lowest BCUT2D eigenvalue weighted by molar-refractivity contribution is 0.786. The van der Waals surface area contributed by atoms with Crippen LogP contribution in [-0.2, 0) is 6.42 Å². The summed E-state index contributed by atoms with van der Waals surface area (Å²) in [5, 5.41) is 4.77. The second-order valence-electron chi connectivity index (χ2n) is 4.98. The molecule has 1 N–H and O–H groups in total. The molecule has 2 nitrogen and oxygen atoms in total. The standard InChI is InChI=1S/C15H18N2/c1-10-6-7-11(2)14-13(10)9-12-5-3-4-8-16-15(12)17-14/h6-7,9H,3-5,8H2,1-2H3,(H,16,17). The molecule has 0 atom stereocenters. The van der Waals surface area contributed by atoms with Crippen LogP contribution in [0.25, 0.3) is 10.9 Å². The molecule has 0 amide bonds. The monoisotopic (exact) mass is 226 g/mol. The van der Waals surface area contributed by atoms with Crippen molar-refractivity contribution in [2.45, 2.75) is 33.1 Å². The van der Waals surface area contributed by atoms with E-state index >= 15 is 0 Å². The zero-order valence-electron chi connectivity index (χ0n) is 10.5. The molecule has 1 aliphatic heterocycles. The first kappa shape index (κ1) is 10.6. The maximum Gasteiger partial charge on any atom is 0.129 e. The van der Waals surface area contributed by atoms with Gasteiger partial charge in [-0.2, -0.15) is 0 Å². The predicted molar refractivity (Wildman–Crippen MR) is 72.6 cm³/mol. The van der Waals surface area contributed by atoms with E-state index in [0.717, 1.165) is 24.3 Å². The Morgan fingerprint density at radius 3 is 2.82 bits per heavy atom. The molecule has 88 valence electrons. The van der Waals surface area contributed by atoms with Gasteiger partial charge in [0.2, 0.25) is 0 Å². The van der Waals surface area contributed by atoms with Gasteiger partial charge < -0.3 is 5.32 Å². The van der Waals surface area contributed by atoms with Gasteiger partial charge in [-0.25, -0.2) is 4.98 Å². The second-order valence-corrected chi connectivity index (χ2v) is 4.98. The number of hydrogen-bond acceptors (Lipinski definition) is 2. The van der Waals surface area contributed by atoms with Gasteiger partial charge in [-0.15, -0.1) is 0 Å². The summed E-state index contributed by atoms with van der Waals surface area (Å²) in [6.45, 7) is 5.36. The van der Waals surface area contributed by atoms with Crippen LogP contribution < -0.4 is 5.32 Å². The zero-order chi connectivity index (χ0) is 11.8. The summed E-state index contributed by atoms with van der Waals surface area (Å²) in [6, 6.07) is 6.68. The van der Waals surface area contributed by atoms with Gasteiger partial charge in [-0.05, 0) is 55.9 Å². The minimum atomic E-state index is 1.05. The molecule has 2 heterocycles. The Hall–Kier alpha value is -1.57. The SMILES string of the molecule is Cc1ccc(C)c2nc3c(cc12)CCCCN3. The van der Waals surface area contributed by atoms with Crippen LogP contribution in [0.3, 0.4) is 0 Å². The van der Waals surface area contributed by atoms with Crippen molar-refractivity contribution in [3.63, 3.8) is 0 Å². The molecule has 1 aromatic heterocycles. The van der Waals surface area contributed by atoms with E-state index < -0.39 is 0 Å². The molecule has 17 heavy (non-hydrogen) atoms.